The maximum absolute atomic E-state index is 12.4. The fraction of sp³-hybridized carbons (Fsp3) is 0.875. The Bertz CT molecular complexity index is 339. The van der Waals surface area contributed by atoms with Gasteiger partial charge < -0.3 is 14.2 Å². The van der Waals surface area contributed by atoms with Gasteiger partial charge in [-0.05, 0) is 47.5 Å². The first-order chi connectivity index (χ1) is 9.62. The van der Waals surface area contributed by atoms with E-state index in [2.05, 4.69) is 0 Å². The van der Waals surface area contributed by atoms with Crippen LogP contribution in [0, 0.1) is 5.41 Å². The van der Waals surface area contributed by atoms with Crippen LogP contribution in [-0.4, -0.2) is 36.9 Å². The average molecular weight is 302 g/mol. The van der Waals surface area contributed by atoms with Crippen LogP contribution in [0.25, 0.3) is 0 Å². The van der Waals surface area contributed by atoms with E-state index in [0.29, 0.717) is 19.4 Å². The maximum Gasteiger partial charge on any atom is 0.323 e. The summed E-state index contributed by atoms with van der Waals surface area (Å²) >= 11 is 0. The lowest BCUT2D eigenvalue weighted by atomic mass is 9.82. The highest BCUT2D eigenvalue weighted by Gasteiger charge is 2.46. The largest absolute Gasteiger partial charge is 0.465 e. The number of esters is 2. The lowest BCUT2D eigenvalue weighted by Gasteiger charge is -2.29. The highest BCUT2D eigenvalue weighted by Crippen LogP contribution is 2.30. The van der Waals surface area contributed by atoms with Crippen LogP contribution in [0.4, 0.5) is 0 Å². The van der Waals surface area contributed by atoms with E-state index >= 15 is 0 Å². The molecule has 0 bridgehead atoms. The van der Waals surface area contributed by atoms with Crippen molar-refractivity contribution in [2.24, 2.45) is 5.41 Å². The molecule has 0 aromatic rings. The van der Waals surface area contributed by atoms with E-state index in [1.807, 2.05) is 20.8 Å². The Kier molecular flexibility index (Phi) is 7.93. The first-order valence-electron chi connectivity index (χ1n) is 7.65. The van der Waals surface area contributed by atoms with Crippen molar-refractivity contribution >= 4 is 11.9 Å². The molecule has 0 radical (unpaired) electrons. The molecule has 1 atom stereocenters. The number of carbonyl (C=O) groups is 2. The lowest BCUT2D eigenvalue weighted by Crippen LogP contribution is -2.43. The van der Waals surface area contributed by atoms with E-state index < -0.39 is 23.5 Å². The summed E-state index contributed by atoms with van der Waals surface area (Å²) in [6.07, 6.45) is 0.297. The summed E-state index contributed by atoms with van der Waals surface area (Å²) in [4.78, 5) is 24.5. The monoisotopic (exact) mass is 302 g/mol. The molecule has 0 heterocycles. The molecule has 1 unspecified atom stereocenters. The lowest BCUT2D eigenvalue weighted by molar-refractivity contribution is -0.179. The molecule has 0 aliphatic carbocycles. The van der Waals surface area contributed by atoms with Crippen LogP contribution < -0.4 is 0 Å². The van der Waals surface area contributed by atoms with Gasteiger partial charge >= 0.3 is 11.9 Å². The molecule has 0 aromatic heterocycles. The van der Waals surface area contributed by atoms with E-state index in [-0.39, 0.29) is 12.2 Å². The SMILES string of the molecule is CCOC(=O)C(CC)(CC)C(=O)OC(C)COC(C)(C)C. The van der Waals surface area contributed by atoms with Gasteiger partial charge in [-0.3, -0.25) is 9.59 Å². The van der Waals surface area contributed by atoms with Crippen LogP contribution >= 0.6 is 0 Å². The molecule has 124 valence electrons. The standard InChI is InChI=1S/C16H30O5/c1-8-16(9-2,13(17)19-10-3)14(18)21-12(4)11-20-15(5,6)7/h12H,8-11H2,1-7H3. The Morgan fingerprint density at radius 3 is 1.90 bits per heavy atom. The molecule has 0 spiro atoms. The van der Waals surface area contributed by atoms with Crippen molar-refractivity contribution in [2.75, 3.05) is 13.2 Å². The quantitative estimate of drug-likeness (QED) is 0.509. The van der Waals surface area contributed by atoms with E-state index in [0.717, 1.165) is 0 Å². The van der Waals surface area contributed by atoms with Gasteiger partial charge in [-0.2, -0.15) is 0 Å². The summed E-state index contributed by atoms with van der Waals surface area (Å²) in [6.45, 7) is 13.4. The number of ether oxygens (including phenoxy) is 3. The van der Waals surface area contributed by atoms with Gasteiger partial charge in [0.05, 0.1) is 18.8 Å². The van der Waals surface area contributed by atoms with Gasteiger partial charge in [-0.1, -0.05) is 13.8 Å². The van der Waals surface area contributed by atoms with Gasteiger partial charge in [0, 0.05) is 0 Å². The van der Waals surface area contributed by atoms with Gasteiger partial charge in [0.2, 0.25) is 0 Å². The molecule has 0 saturated heterocycles. The molecule has 5 nitrogen and oxygen atoms in total. The van der Waals surface area contributed by atoms with Crippen LogP contribution in [0.2, 0.25) is 0 Å². The molecule has 21 heavy (non-hydrogen) atoms. The zero-order valence-corrected chi connectivity index (χ0v) is 14.4. The van der Waals surface area contributed by atoms with Crippen molar-refractivity contribution in [1.82, 2.24) is 0 Å². The van der Waals surface area contributed by atoms with E-state index in [4.69, 9.17) is 14.2 Å². The second-order valence-electron chi connectivity index (χ2n) is 6.15. The molecule has 0 aliphatic heterocycles. The van der Waals surface area contributed by atoms with Crippen LogP contribution in [0.1, 0.15) is 61.3 Å². The molecule has 0 N–H and O–H groups in total. The van der Waals surface area contributed by atoms with Gasteiger partial charge in [0.15, 0.2) is 5.41 Å². The second kappa shape index (κ2) is 8.37. The smallest absolute Gasteiger partial charge is 0.323 e. The predicted octanol–water partition coefficient (Wildman–Crippen LogP) is 3.10. The number of carbonyl (C=O) groups excluding carboxylic acids is 2. The third-order valence-corrected chi connectivity index (χ3v) is 3.32. The molecule has 5 heteroatoms. The Labute approximate surface area is 128 Å². The van der Waals surface area contributed by atoms with Crippen molar-refractivity contribution < 1.29 is 23.8 Å². The van der Waals surface area contributed by atoms with E-state index in [1.54, 1.807) is 27.7 Å². The van der Waals surface area contributed by atoms with Gasteiger partial charge in [0.1, 0.15) is 6.10 Å². The minimum Gasteiger partial charge on any atom is -0.465 e. The molecule has 0 rings (SSSR count). The fourth-order valence-electron chi connectivity index (χ4n) is 1.88. The van der Waals surface area contributed by atoms with Crippen molar-refractivity contribution in [1.29, 1.82) is 0 Å². The Balaban J connectivity index is 4.80. The van der Waals surface area contributed by atoms with Crippen molar-refractivity contribution in [3.63, 3.8) is 0 Å². The minimum absolute atomic E-state index is 0.247. The van der Waals surface area contributed by atoms with Crippen molar-refractivity contribution in [3.8, 4) is 0 Å². The Morgan fingerprint density at radius 2 is 1.52 bits per heavy atom. The average Bonchev–Trinajstić information content (AvgIpc) is 2.38. The number of hydrogen-bond donors (Lipinski definition) is 0. The number of hydrogen-bond acceptors (Lipinski definition) is 5. The van der Waals surface area contributed by atoms with Gasteiger partial charge in [-0.15, -0.1) is 0 Å². The summed E-state index contributed by atoms with van der Waals surface area (Å²) in [6, 6.07) is 0. The summed E-state index contributed by atoms with van der Waals surface area (Å²) in [5, 5.41) is 0. The summed E-state index contributed by atoms with van der Waals surface area (Å²) in [5.41, 5.74) is -1.51. The molecular formula is C16H30O5. The number of rotatable bonds is 8. The van der Waals surface area contributed by atoms with Gasteiger partial charge in [0.25, 0.3) is 0 Å². The highest BCUT2D eigenvalue weighted by molar-refractivity contribution is 6.00. The summed E-state index contributed by atoms with van der Waals surface area (Å²) in [7, 11) is 0. The van der Waals surface area contributed by atoms with Gasteiger partial charge in [-0.25, -0.2) is 0 Å². The van der Waals surface area contributed by atoms with E-state index in [9.17, 15) is 9.59 Å². The van der Waals surface area contributed by atoms with Crippen LogP contribution in [-0.2, 0) is 23.8 Å². The third kappa shape index (κ3) is 6.04. The molecule has 0 amide bonds. The normalized spacial score (nSPS) is 13.7. The van der Waals surface area contributed by atoms with E-state index in [1.165, 1.54) is 0 Å². The Morgan fingerprint density at radius 1 is 1.00 bits per heavy atom. The molecule has 0 aromatic carbocycles. The molecule has 0 aliphatic rings. The Hall–Kier alpha value is -1.10. The minimum atomic E-state index is -1.22. The second-order valence-corrected chi connectivity index (χ2v) is 6.15. The van der Waals surface area contributed by atoms with Crippen LogP contribution in [0.5, 0.6) is 0 Å². The first kappa shape index (κ1) is 19.9. The maximum atomic E-state index is 12.4. The fourth-order valence-corrected chi connectivity index (χ4v) is 1.88. The van der Waals surface area contributed by atoms with Crippen LogP contribution in [0.3, 0.4) is 0 Å². The zero-order chi connectivity index (χ0) is 16.7. The zero-order valence-electron chi connectivity index (χ0n) is 14.4. The molecule has 0 fully saturated rings. The molecular weight excluding hydrogens is 272 g/mol. The molecule has 0 saturated carbocycles. The topological polar surface area (TPSA) is 61.8 Å². The third-order valence-electron chi connectivity index (χ3n) is 3.32. The summed E-state index contributed by atoms with van der Waals surface area (Å²) in [5.74, 6) is -1.04. The van der Waals surface area contributed by atoms with Crippen molar-refractivity contribution in [3.05, 3.63) is 0 Å². The predicted molar refractivity (Wildman–Crippen MR) is 80.9 cm³/mol. The van der Waals surface area contributed by atoms with Crippen LogP contribution in [0.15, 0.2) is 0 Å². The first-order valence-corrected chi connectivity index (χ1v) is 7.65. The highest BCUT2D eigenvalue weighted by atomic mass is 16.6. The summed E-state index contributed by atoms with van der Waals surface area (Å²) < 4.78 is 16.0. The van der Waals surface area contributed by atoms with Crippen molar-refractivity contribution in [2.45, 2.75) is 73.0 Å².